The van der Waals surface area contributed by atoms with E-state index in [0.29, 0.717) is 4.47 Å². The molecule has 0 unspecified atom stereocenters. The van der Waals surface area contributed by atoms with Gasteiger partial charge >= 0.3 is 0 Å². The number of aromatic nitrogens is 1. The molecule has 5 heteroatoms. The highest BCUT2D eigenvalue weighted by molar-refractivity contribution is 9.10. The molecule has 1 aromatic heterocycles. The molecule has 0 radical (unpaired) electrons. The molecule has 0 saturated carbocycles. The summed E-state index contributed by atoms with van der Waals surface area (Å²) in [4.78, 5) is 15.8. The van der Waals surface area contributed by atoms with Gasteiger partial charge in [0.15, 0.2) is 5.69 Å². The summed E-state index contributed by atoms with van der Waals surface area (Å²) in [5, 5.41) is 19.1. The Morgan fingerprint density at radius 2 is 1.94 bits per heavy atom. The van der Waals surface area contributed by atoms with Crippen molar-refractivity contribution in [1.82, 2.24) is 4.98 Å². The third kappa shape index (κ3) is 2.29. The summed E-state index contributed by atoms with van der Waals surface area (Å²) in [7, 11) is 0. The minimum Gasteiger partial charge on any atom is -0.507 e. The second-order valence-electron chi connectivity index (χ2n) is 3.36. The van der Waals surface area contributed by atoms with Crippen molar-refractivity contribution in [1.29, 1.82) is 0 Å². The normalized spacial score (nSPS) is 10.2. The van der Waals surface area contributed by atoms with Crippen LogP contribution in [0.4, 0.5) is 0 Å². The minimum atomic E-state index is -0.526. The van der Waals surface area contributed by atoms with E-state index in [1.165, 1.54) is 30.5 Å². The van der Waals surface area contributed by atoms with E-state index in [1.807, 2.05) is 0 Å². The largest absolute Gasteiger partial charge is 0.507 e. The average molecular weight is 294 g/mol. The molecular formula is C12H8BrNO3. The van der Waals surface area contributed by atoms with Crippen LogP contribution in [0.1, 0.15) is 16.1 Å². The number of hydrogen-bond acceptors (Lipinski definition) is 4. The Morgan fingerprint density at radius 3 is 2.65 bits per heavy atom. The number of phenolic OH excluding ortho intramolecular Hbond substituents is 1. The van der Waals surface area contributed by atoms with Crippen molar-refractivity contribution < 1.29 is 15.0 Å². The Bertz CT molecular complexity index is 584. The van der Waals surface area contributed by atoms with E-state index in [-0.39, 0.29) is 22.8 Å². The molecule has 1 aromatic carbocycles. The number of benzene rings is 1. The lowest BCUT2D eigenvalue weighted by atomic mass is 10.1. The summed E-state index contributed by atoms with van der Waals surface area (Å²) in [6.45, 7) is 0. The van der Waals surface area contributed by atoms with Gasteiger partial charge in [-0.25, -0.2) is 4.98 Å². The summed E-state index contributed by atoms with van der Waals surface area (Å²) >= 11 is 3.21. The van der Waals surface area contributed by atoms with E-state index in [0.717, 1.165) is 0 Å². The Labute approximate surface area is 106 Å². The van der Waals surface area contributed by atoms with Crippen LogP contribution in [0.2, 0.25) is 0 Å². The summed E-state index contributed by atoms with van der Waals surface area (Å²) in [5.74, 6) is -0.887. The van der Waals surface area contributed by atoms with Gasteiger partial charge < -0.3 is 10.2 Å². The Hall–Kier alpha value is -1.88. The summed E-state index contributed by atoms with van der Waals surface area (Å²) in [5.41, 5.74) is 0.00859. The lowest BCUT2D eigenvalue weighted by molar-refractivity contribution is 0.102. The third-order valence-corrected chi connectivity index (χ3v) is 2.70. The number of ketones is 1. The number of nitrogens with zero attached hydrogens (tertiary/aromatic N) is 1. The minimum absolute atomic E-state index is 0.0825. The van der Waals surface area contributed by atoms with Crippen molar-refractivity contribution in [2.45, 2.75) is 0 Å². The van der Waals surface area contributed by atoms with Crippen LogP contribution in [0.25, 0.3) is 0 Å². The quantitative estimate of drug-likeness (QED) is 0.835. The van der Waals surface area contributed by atoms with Gasteiger partial charge in [-0.05, 0) is 30.3 Å². The van der Waals surface area contributed by atoms with Crippen molar-refractivity contribution in [3.8, 4) is 11.5 Å². The summed E-state index contributed by atoms with van der Waals surface area (Å²) < 4.78 is 0.661. The number of carbonyl (C=O) groups excluding carboxylic acids is 1. The molecule has 0 amide bonds. The number of aromatic hydroxyl groups is 2. The van der Waals surface area contributed by atoms with E-state index < -0.39 is 5.78 Å². The van der Waals surface area contributed by atoms with Crippen LogP contribution >= 0.6 is 15.9 Å². The maximum absolute atomic E-state index is 12.0. The zero-order valence-corrected chi connectivity index (χ0v) is 10.2. The highest BCUT2D eigenvalue weighted by Crippen LogP contribution is 2.26. The monoisotopic (exact) mass is 293 g/mol. The Morgan fingerprint density at radius 1 is 1.18 bits per heavy atom. The van der Waals surface area contributed by atoms with Crippen molar-refractivity contribution in [2.24, 2.45) is 0 Å². The first-order valence-corrected chi connectivity index (χ1v) is 5.56. The van der Waals surface area contributed by atoms with Crippen LogP contribution in [0.5, 0.6) is 11.5 Å². The molecule has 2 N–H and O–H groups in total. The van der Waals surface area contributed by atoms with Crippen LogP contribution in [-0.4, -0.2) is 21.0 Å². The SMILES string of the molecule is O=C(c1cc(Br)ccc1O)c1ncccc1O. The maximum Gasteiger partial charge on any atom is 0.218 e. The molecule has 17 heavy (non-hydrogen) atoms. The first-order valence-electron chi connectivity index (χ1n) is 4.77. The molecular weight excluding hydrogens is 286 g/mol. The molecule has 0 spiro atoms. The van der Waals surface area contributed by atoms with Gasteiger partial charge in [-0.1, -0.05) is 15.9 Å². The van der Waals surface area contributed by atoms with Gasteiger partial charge in [0.25, 0.3) is 0 Å². The fourth-order valence-corrected chi connectivity index (χ4v) is 1.75. The average Bonchev–Trinajstić information content (AvgIpc) is 2.32. The number of halogens is 1. The van der Waals surface area contributed by atoms with Crippen molar-refractivity contribution in [3.63, 3.8) is 0 Å². The van der Waals surface area contributed by atoms with Gasteiger partial charge in [-0.2, -0.15) is 0 Å². The fraction of sp³-hybridized carbons (Fsp3) is 0. The van der Waals surface area contributed by atoms with E-state index >= 15 is 0 Å². The number of carbonyl (C=O) groups is 1. The van der Waals surface area contributed by atoms with Crippen LogP contribution < -0.4 is 0 Å². The summed E-state index contributed by atoms with van der Waals surface area (Å²) in [6.07, 6.45) is 1.40. The van der Waals surface area contributed by atoms with Crippen LogP contribution in [-0.2, 0) is 0 Å². The second-order valence-corrected chi connectivity index (χ2v) is 4.28. The van der Waals surface area contributed by atoms with E-state index in [1.54, 1.807) is 6.07 Å². The second kappa shape index (κ2) is 4.55. The Balaban J connectivity index is 2.51. The first kappa shape index (κ1) is 11.6. The number of pyridine rings is 1. The van der Waals surface area contributed by atoms with E-state index in [4.69, 9.17) is 0 Å². The number of rotatable bonds is 2. The molecule has 0 aliphatic rings. The highest BCUT2D eigenvalue weighted by Gasteiger charge is 2.18. The topological polar surface area (TPSA) is 70.4 Å². The van der Waals surface area contributed by atoms with Gasteiger partial charge in [0, 0.05) is 10.7 Å². The predicted molar refractivity (Wildman–Crippen MR) is 65.1 cm³/mol. The highest BCUT2D eigenvalue weighted by atomic mass is 79.9. The maximum atomic E-state index is 12.0. The lowest BCUT2D eigenvalue weighted by Crippen LogP contribution is -2.04. The van der Waals surface area contributed by atoms with Crippen LogP contribution in [0.3, 0.4) is 0 Å². The fourth-order valence-electron chi connectivity index (χ4n) is 1.39. The standard InChI is InChI=1S/C12H8BrNO3/c13-7-3-4-9(15)8(6-7)12(17)11-10(16)2-1-5-14-11/h1-6,15-16H. The predicted octanol–water partition coefficient (Wildman–Crippen LogP) is 2.49. The number of phenols is 1. The lowest BCUT2D eigenvalue weighted by Gasteiger charge is -2.05. The molecule has 86 valence electrons. The molecule has 0 aliphatic carbocycles. The zero-order chi connectivity index (χ0) is 12.4. The van der Waals surface area contributed by atoms with Gasteiger partial charge in [-0.3, -0.25) is 4.79 Å². The van der Waals surface area contributed by atoms with Gasteiger partial charge in [0.1, 0.15) is 11.5 Å². The molecule has 4 nitrogen and oxygen atoms in total. The van der Waals surface area contributed by atoms with Crippen molar-refractivity contribution in [3.05, 3.63) is 52.3 Å². The van der Waals surface area contributed by atoms with Crippen LogP contribution in [0, 0.1) is 0 Å². The molecule has 2 rings (SSSR count). The van der Waals surface area contributed by atoms with Crippen molar-refractivity contribution in [2.75, 3.05) is 0 Å². The van der Waals surface area contributed by atoms with Gasteiger partial charge in [0.05, 0.1) is 5.56 Å². The van der Waals surface area contributed by atoms with E-state index in [2.05, 4.69) is 20.9 Å². The third-order valence-electron chi connectivity index (χ3n) is 2.20. The molecule has 0 aliphatic heterocycles. The zero-order valence-electron chi connectivity index (χ0n) is 8.59. The number of hydrogen-bond donors (Lipinski definition) is 2. The molecule has 0 saturated heterocycles. The van der Waals surface area contributed by atoms with Gasteiger partial charge in [-0.15, -0.1) is 0 Å². The van der Waals surface area contributed by atoms with E-state index in [9.17, 15) is 15.0 Å². The van der Waals surface area contributed by atoms with Crippen LogP contribution in [0.15, 0.2) is 41.0 Å². The molecule has 1 heterocycles. The van der Waals surface area contributed by atoms with Gasteiger partial charge in [0.2, 0.25) is 5.78 Å². The summed E-state index contributed by atoms with van der Waals surface area (Å²) in [6, 6.07) is 7.38. The molecule has 0 bridgehead atoms. The Kier molecular flexibility index (Phi) is 3.10. The molecule has 0 atom stereocenters. The van der Waals surface area contributed by atoms with Crippen molar-refractivity contribution >= 4 is 21.7 Å². The smallest absolute Gasteiger partial charge is 0.218 e. The molecule has 2 aromatic rings. The molecule has 0 fully saturated rings. The first-order chi connectivity index (χ1) is 8.09.